The Hall–Kier alpha value is -2.02. The lowest BCUT2D eigenvalue weighted by atomic mass is 10.3. The van der Waals surface area contributed by atoms with Crippen molar-refractivity contribution in [1.82, 2.24) is 19.8 Å². The van der Waals surface area contributed by atoms with Gasteiger partial charge in [0.05, 0.1) is 11.0 Å². The van der Waals surface area contributed by atoms with Crippen LogP contribution in [0.3, 0.4) is 0 Å². The molecule has 0 aliphatic carbocycles. The highest BCUT2D eigenvalue weighted by Crippen LogP contribution is 2.20. The van der Waals surface area contributed by atoms with Gasteiger partial charge in [-0.15, -0.1) is 0 Å². The van der Waals surface area contributed by atoms with E-state index in [1.807, 2.05) is 6.92 Å². The van der Waals surface area contributed by atoms with Gasteiger partial charge in [0.15, 0.2) is 11.6 Å². The maximum absolute atomic E-state index is 13.5. The molecule has 1 amide bonds. The van der Waals surface area contributed by atoms with Crippen molar-refractivity contribution in [3.8, 4) is 0 Å². The van der Waals surface area contributed by atoms with Crippen molar-refractivity contribution in [3.05, 3.63) is 29.6 Å². The van der Waals surface area contributed by atoms with Gasteiger partial charge in [0.25, 0.3) is 0 Å². The summed E-state index contributed by atoms with van der Waals surface area (Å²) in [6.45, 7) is 4.88. The molecule has 1 aromatic heterocycles. The first-order valence-corrected chi connectivity index (χ1v) is 7.42. The zero-order chi connectivity index (χ0) is 15.7. The fraction of sp³-hybridized carbons (Fsp3) is 0.467. The second kappa shape index (κ2) is 6.00. The predicted octanol–water partition coefficient (Wildman–Crippen LogP) is 1.31. The molecule has 0 bridgehead atoms. The smallest absolute Gasteiger partial charge is 0.242 e. The van der Waals surface area contributed by atoms with Gasteiger partial charge in [-0.3, -0.25) is 4.79 Å². The van der Waals surface area contributed by atoms with E-state index >= 15 is 0 Å². The van der Waals surface area contributed by atoms with Gasteiger partial charge in [-0.05, 0) is 0 Å². The minimum Gasteiger partial charge on any atom is -0.339 e. The Kier molecular flexibility index (Phi) is 4.06. The number of benzene rings is 1. The maximum atomic E-state index is 13.5. The summed E-state index contributed by atoms with van der Waals surface area (Å²) in [7, 11) is 0. The number of aromatic nitrogens is 2. The van der Waals surface area contributed by atoms with Gasteiger partial charge >= 0.3 is 0 Å². The highest BCUT2D eigenvalue weighted by Gasteiger charge is 2.20. The third kappa shape index (κ3) is 2.68. The van der Waals surface area contributed by atoms with E-state index in [0.717, 1.165) is 25.2 Å². The fourth-order valence-corrected chi connectivity index (χ4v) is 2.77. The van der Waals surface area contributed by atoms with Crippen LogP contribution in [0.4, 0.5) is 8.78 Å². The molecular formula is C15H18F2N4O. The van der Waals surface area contributed by atoms with Crippen molar-refractivity contribution < 1.29 is 13.6 Å². The van der Waals surface area contributed by atoms with Crippen LogP contribution in [-0.4, -0.2) is 46.5 Å². The second-order valence-electron chi connectivity index (χ2n) is 5.35. The minimum absolute atomic E-state index is 0.0276. The first kappa shape index (κ1) is 14.9. The number of hydrogen-bond donors (Lipinski definition) is 1. The number of carbonyl (C=O) groups excluding carboxylic acids is 1. The molecule has 0 radical (unpaired) electrons. The lowest BCUT2D eigenvalue weighted by Crippen LogP contribution is -2.47. The van der Waals surface area contributed by atoms with Crippen molar-refractivity contribution in [1.29, 1.82) is 0 Å². The average Bonchev–Trinajstić information content (AvgIpc) is 2.86. The van der Waals surface area contributed by atoms with Crippen LogP contribution in [0.1, 0.15) is 12.7 Å². The summed E-state index contributed by atoms with van der Waals surface area (Å²) in [5, 5.41) is 3.19. The third-order valence-corrected chi connectivity index (χ3v) is 3.95. The number of hydrogen-bond acceptors (Lipinski definition) is 3. The zero-order valence-electron chi connectivity index (χ0n) is 12.4. The summed E-state index contributed by atoms with van der Waals surface area (Å²) in [6.07, 6.45) is 0.590. The SMILES string of the molecule is CCc1nc2cc(F)c(F)cc2n1CC(=O)N1CCNCC1. The van der Waals surface area contributed by atoms with E-state index in [9.17, 15) is 13.6 Å². The van der Waals surface area contributed by atoms with Crippen LogP contribution in [-0.2, 0) is 17.8 Å². The van der Waals surface area contributed by atoms with Crippen molar-refractivity contribution in [3.63, 3.8) is 0 Å². The zero-order valence-corrected chi connectivity index (χ0v) is 12.4. The number of imidazole rings is 1. The third-order valence-electron chi connectivity index (χ3n) is 3.95. The molecule has 2 aromatic rings. The van der Waals surface area contributed by atoms with Crippen LogP contribution < -0.4 is 5.32 Å². The molecule has 5 nitrogen and oxygen atoms in total. The number of nitrogens with one attached hydrogen (secondary N) is 1. The molecule has 1 aromatic carbocycles. The molecule has 1 N–H and O–H groups in total. The summed E-state index contributed by atoms with van der Waals surface area (Å²) in [6, 6.07) is 2.19. The Labute approximate surface area is 126 Å². The van der Waals surface area contributed by atoms with E-state index in [1.165, 1.54) is 0 Å². The van der Waals surface area contributed by atoms with Crippen LogP contribution in [0.25, 0.3) is 11.0 Å². The Morgan fingerprint density at radius 1 is 1.27 bits per heavy atom. The van der Waals surface area contributed by atoms with Crippen LogP contribution >= 0.6 is 0 Å². The van der Waals surface area contributed by atoms with Crippen LogP contribution in [0.5, 0.6) is 0 Å². The monoisotopic (exact) mass is 308 g/mol. The summed E-state index contributed by atoms with van der Waals surface area (Å²) >= 11 is 0. The molecule has 1 aliphatic heterocycles. The van der Waals surface area contributed by atoms with Crippen LogP contribution in [0, 0.1) is 11.6 Å². The van der Waals surface area contributed by atoms with E-state index < -0.39 is 11.6 Å². The number of carbonyl (C=O) groups is 1. The van der Waals surface area contributed by atoms with E-state index in [1.54, 1.807) is 9.47 Å². The molecule has 1 saturated heterocycles. The lowest BCUT2D eigenvalue weighted by molar-refractivity contribution is -0.132. The molecule has 0 saturated carbocycles. The van der Waals surface area contributed by atoms with Gasteiger partial charge in [-0.25, -0.2) is 13.8 Å². The molecular weight excluding hydrogens is 290 g/mol. The number of nitrogens with zero attached hydrogens (tertiary/aromatic N) is 3. The second-order valence-corrected chi connectivity index (χ2v) is 5.35. The van der Waals surface area contributed by atoms with Crippen LogP contribution in [0.2, 0.25) is 0 Å². The number of amides is 1. The van der Waals surface area contributed by atoms with Gasteiger partial charge in [0.1, 0.15) is 12.4 Å². The number of aryl methyl sites for hydroxylation is 1. The molecule has 118 valence electrons. The van der Waals surface area contributed by atoms with Crippen LogP contribution in [0.15, 0.2) is 12.1 Å². The number of fused-ring (bicyclic) bond motifs is 1. The largest absolute Gasteiger partial charge is 0.339 e. The highest BCUT2D eigenvalue weighted by atomic mass is 19.2. The van der Waals surface area contributed by atoms with E-state index in [-0.39, 0.29) is 12.5 Å². The van der Waals surface area contributed by atoms with E-state index in [0.29, 0.717) is 36.4 Å². The number of rotatable bonds is 3. The van der Waals surface area contributed by atoms with Crippen molar-refractivity contribution in [2.24, 2.45) is 0 Å². The molecule has 3 rings (SSSR count). The summed E-state index contributed by atoms with van der Waals surface area (Å²) in [5.41, 5.74) is 0.836. The molecule has 1 aliphatic rings. The molecule has 22 heavy (non-hydrogen) atoms. The molecule has 0 spiro atoms. The van der Waals surface area contributed by atoms with Crippen molar-refractivity contribution >= 4 is 16.9 Å². The van der Waals surface area contributed by atoms with Gasteiger partial charge in [0, 0.05) is 44.7 Å². The van der Waals surface area contributed by atoms with E-state index in [2.05, 4.69) is 10.3 Å². The lowest BCUT2D eigenvalue weighted by Gasteiger charge is -2.27. The van der Waals surface area contributed by atoms with Crippen molar-refractivity contribution in [2.45, 2.75) is 19.9 Å². The van der Waals surface area contributed by atoms with Crippen molar-refractivity contribution in [2.75, 3.05) is 26.2 Å². The molecule has 2 heterocycles. The van der Waals surface area contributed by atoms with Gasteiger partial charge in [0.2, 0.25) is 5.91 Å². The summed E-state index contributed by atoms with van der Waals surface area (Å²) in [5.74, 6) is -1.22. The first-order valence-electron chi connectivity index (χ1n) is 7.42. The topological polar surface area (TPSA) is 50.2 Å². The average molecular weight is 308 g/mol. The van der Waals surface area contributed by atoms with E-state index in [4.69, 9.17) is 0 Å². The molecule has 7 heteroatoms. The normalized spacial score (nSPS) is 15.5. The number of halogens is 2. The standard InChI is InChI=1S/C15H18F2N4O/c1-2-14-19-12-7-10(16)11(17)8-13(12)21(14)9-15(22)20-5-3-18-4-6-20/h7-8,18H,2-6,9H2,1H3. The molecule has 1 fully saturated rings. The van der Waals surface area contributed by atoms with Gasteiger partial charge in [-0.1, -0.05) is 6.92 Å². The van der Waals surface area contributed by atoms with Gasteiger partial charge < -0.3 is 14.8 Å². The highest BCUT2D eigenvalue weighted by molar-refractivity contribution is 5.81. The number of piperazine rings is 1. The summed E-state index contributed by atoms with van der Waals surface area (Å²) in [4.78, 5) is 18.5. The Morgan fingerprint density at radius 3 is 2.64 bits per heavy atom. The quantitative estimate of drug-likeness (QED) is 0.930. The fourth-order valence-electron chi connectivity index (χ4n) is 2.77. The predicted molar refractivity (Wildman–Crippen MR) is 78.5 cm³/mol. The Morgan fingerprint density at radius 2 is 1.95 bits per heavy atom. The Balaban J connectivity index is 1.94. The van der Waals surface area contributed by atoms with Gasteiger partial charge in [-0.2, -0.15) is 0 Å². The minimum atomic E-state index is -0.925. The summed E-state index contributed by atoms with van der Waals surface area (Å²) < 4.78 is 28.5. The Bertz CT molecular complexity index is 707. The first-order chi connectivity index (χ1) is 10.6. The maximum Gasteiger partial charge on any atom is 0.242 e. The molecule has 0 atom stereocenters. The molecule has 0 unspecified atom stereocenters.